The molecule has 108 valence electrons. The van der Waals surface area contributed by atoms with Gasteiger partial charge in [-0.1, -0.05) is 6.08 Å². The van der Waals surface area contributed by atoms with Crippen molar-refractivity contribution in [1.29, 1.82) is 0 Å². The summed E-state index contributed by atoms with van der Waals surface area (Å²) in [5, 5.41) is -0.106. The van der Waals surface area contributed by atoms with Crippen LogP contribution >= 0.6 is 0 Å². The van der Waals surface area contributed by atoms with Gasteiger partial charge >= 0.3 is 0 Å². The lowest BCUT2D eigenvalue weighted by atomic mass is 10.3. The van der Waals surface area contributed by atoms with Crippen molar-refractivity contribution in [2.45, 2.75) is 37.5 Å². The van der Waals surface area contributed by atoms with Crippen LogP contribution in [0.1, 0.15) is 33.5 Å². The van der Waals surface area contributed by atoms with E-state index in [4.69, 9.17) is 4.42 Å². The second-order valence-electron chi connectivity index (χ2n) is 5.08. The summed E-state index contributed by atoms with van der Waals surface area (Å²) in [6, 6.07) is 2.93. The summed E-state index contributed by atoms with van der Waals surface area (Å²) in [7, 11) is -4.69. The quantitative estimate of drug-likeness (QED) is 0.924. The molecule has 1 atom stereocenters. The van der Waals surface area contributed by atoms with Crippen LogP contribution in [0.5, 0.6) is 0 Å². The number of hydrogen-bond donors (Lipinski definition) is 1. The van der Waals surface area contributed by atoms with Gasteiger partial charge in [-0.2, -0.15) is 0 Å². The maximum Gasteiger partial charge on any atom is 0.218 e. The molecule has 0 aliphatic rings. The molecule has 0 aliphatic carbocycles. The Bertz CT molecular complexity index is 606. The van der Waals surface area contributed by atoms with E-state index in [1.54, 1.807) is 19.1 Å². The van der Waals surface area contributed by atoms with Crippen LogP contribution in [0.25, 0.3) is 5.70 Å². The van der Waals surface area contributed by atoms with E-state index in [9.17, 15) is 12.6 Å². The molecule has 0 aliphatic heterocycles. The van der Waals surface area contributed by atoms with E-state index < -0.39 is 25.6 Å². The number of rotatable bonds is 4. The summed E-state index contributed by atoms with van der Waals surface area (Å²) in [6.45, 7) is 7.28. The zero-order chi connectivity index (χ0) is 14.8. The summed E-state index contributed by atoms with van der Waals surface area (Å²) in [6.07, 6.45) is 2.76. The largest absolute Gasteiger partial charge is 0.443 e. The van der Waals surface area contributed by atoms with Crippen LogP contribution in [-0.4, -0.2) is 23.6 Å². The molecule has 1 rings (SSSR count). The van der Waals surface area contributed by atoms with Crippen LogP contribution in [0.4, 0.5) is 0 Å². The molecule has 0 spiro atoms. The molecule has 1 heterocycles. The van der Waals surface area contributed by atoms with Crippen molar-refractivity contribution in [2.24, 2.45) is 0 Å². The molecular weight excluding hydrogens is 286 g/mol. The second kappa shape index (κ2) is 5.50. The molecular formula is C12H19NO4S2. The standard InChI is InChI=1S/C12H19NO4S2/c1-6-9(13-18(14)12(2,3)4)10-7-8-11(17-10)19(5,15)16/h6-8,13H,1-5H3. The van der Waals surface area contributed by atoms with Gasteiger partial charge in [0, 0.05) is 6.26 Å². The minimum atomic E-state index is -3.38. The van der Waals surface area contributed by atoms with Crippen LogP contribution in [-0.2, 0) is 20.8 Å². The Labute approximate surface area is 116 Å². The molecule has 1 aromatic rings. The SMILES string of the molecule is CC=C(NS(=O)C(C)(C)C)c1ccc(S(C)(=O)=O)o1. The lowest BCUT2D eigenvalue weighted by Crippen LogP contribution is -2.32. The number of sulfone groups is 1. The molecule has 0 amide bonds. The van der Waals surface area contributed by atoms with Gasteiger partial charge in [-0.15, -0.1) is 0 Å². The van der Waals surface area contributed by atoms with Gasteiger partial charge < -0.3 is 9.14 Å². The van der Waals surface area contributed by atoms with E-state index >= 15 is 0 Å². The first-order valence-electron chi connectivity index (χ1n) is 5.71. The van der Waals surface area contributed by atoms with Crippen LogP contribution < -0.4 is 4.72 Å². The van der Waals surface area contributed by atoms with Crippen LogP contribution in [0.2, 0.25) is 0 Å². The van der Waals surface area contributed by atoms with Gasteiger partial charge in [-0.25, -0.2) is 12.6 Å². The Hall–Kier alpha value is -1.08. The number of allylic oxidation sites excluding steroid dienone is 1. The Balaban J connectivity index is 3.01. The molecule has 0 saturated heterocycles. The van der Waals surface area contributed by atoms with Crippen molar-refractivity contribution < 1.29 is 17.0 Å². The third-order valence-corrected chi connectivity index (χ3v) is 4.73. The molecule has 0 saturated carbocycles. The van der Waals surface area contributed by atoms with Crippen molar-refractivity contribution in [3.63, 3.8) is 0 Å². The maximum atomic E-state index is 12.0. The predicted octanol–water partition coefficient (Wildman–Crippen LogP) is 2.10. The number of furan rings is 1. The first kappa shape index (κ1) is 16.0. The lowest BCUT2D eigenvalue weighted by molar-refractivity contribution is 0.441. The fraction of sp³-hybridized carbons (Fsp3) is 0.500. The number of nitrogens with one attached hydrogen (secondary N) is 1. The third kappa shape index (κ3) is 4.21. The molecule has 7 heteroatoms. The molecule has 1 aromatic heterocycles. The van der Waals surface area contributed by atoms with E-state index in [-0.39, 0.29) is 5.09 Å². The summed E-state index contributed by atoms with van der Waals surface area (Å²) in [5.74, 6) is 0.348. The normalized spacial score (nSPS) is 15.3. The fourth-order valence-corrected chi connectivity index (χ4v) is 2.45. The minimum Gasteiger partial charge on any atom is -0.443 e. The van der Waals surface area contributed by atoms with Gasteiger partial charge in [0.05, 0.1) is 10.4 Å². The van der Waals surface area contributed by atoms with E-state index in [0.29, 0.717) is 11.5 Å². The van der Waals surface area contributed by atoms with E-state index in [2.05, 4.69) is 4.72 Å². The molecule has 0 fully saturated rings. The minimum absolute atomic E-state index is 0.106. The van der Waals surface area contributed by atoms with Gasteiger partial charge in [-0.05, 0) is 39.8 Å². The zero-order valence-corrected chi connectivity index (χ0v) is 13.3. The van der Waals surface area contributed by atoms with E-state index in [1.807, 2.05) is 20.8 Å². The second-order valence-corrected chi connectivity index (χ2v) is 8.99. The summed E-state index contributed by atoms with van der Waals surface area (Å²) < 4.78 is 42.4. The first-order valence-corrected chi connectivity index (χ1v) is 8.75. The van der Waals surface area contributed by atoms with Crippen LogP contribution in [0.15, 0.2) is 27.7 Å². The van der Waals surface area contributed by atoms with Crippen LogP contribution in [0.3, 0.4) is 0 Å². The predicted molar refractivity (Wildman–Crippen MR) is 76.5 cm³/mol. The highest BCUT2D eigenvalue weighted by molar-refractivity contribution is 7.90. The van der Waals surface area contributed by atoms with Crippen molar-refractivity contribution in [1.82, 2.24) is 4.72 Å². The molecule has 19 heavy (non-hydrogen) atoms. The highest BCUT2D eigenvalue weighted by Gasteiger charge is 2.22. The lowest BCUT2D eigenvalue weighted by Gasteiger charge is -2.19. The Kier molecular flexibility index (Phi) is 4.63. The smallest absolute Gasteiger partial charge is 0.218 e. The fourth-order valence-electron chi connectivity index (χ4n) is 1.17. The first-order chi connectivity index (χ1) is 8.55. The van der Waals surface area contributed by atoms with Crippen molar-refractivity contribution >= 4 is 26.5 Å². The molecule has 0 bridgehead atoms. The van der Waals surface area contributed by atoms with Gasteiger partial charge in [-0.3, -0.25) is 0 Å². The molecule has 5 nitrogen and oxygen atoms in total. The topological polar surface area (TPSA) is 76.4 Å². The summed E-state index contributed by atoms with van der Waals surface area (Å²) in [4.78, 5) is 0. The highest BCUT2D eigenvalue weighted by Crippen LogP contribution is 2.21. The van der Waals surface area contributed by atoms with Gasteiger partial charge in [0.1, 0.15) is 11.0 Å². The number of hydrogen-bond acceptors (Lipinski definition) is 4. The monoisotopic (exact) mass is 305 g/mol. The molecule has 1 unspecified atom stereocenters. The molecule has 0 radical (unpaired) electrons. The van der Waals surface area contributed by atoms with E-state index in [1.165, 1.54) is 6.07 Å². The Morgan fingerprint density at radius 1 is 1.37 bits per heavy atom. The highest BCUT2D eigenvalue weighted by atomic mass is 32.2. The average Bonchev–Trinajstić information content (AvgIpc) is 2.72. The van der Waals surface area contributed by atoms with E-state index in [0.717, 1.165) is 6.26 Å². The van der Waals surface area contributed by atoms with Crippen molar-refractivity contribution in [3.8, 4) is 0 Å². The van der Waals surface area contributed by atoms with Gasteiger partial charge in [0.15, 0.2) is 5.76 Å². The van der Waals surface area contributed by atoms with Crippen LogP contribution in [0, 0.1) is 0 Å². The van der Waals surface area contributed by atoms with Crippen molar-refractivity contribution in [3.05, 3.63) is 24.0 Å². The summed E-state index contributed by atoms with van der Waals surface area (Å²) >= 11 is 0. The summed E-state index contributed by atoms with van der Waals surface area (Å²) in [5.41, 5.74) is 0.503. The Morgan fingerprint density at radius 2 is 1.95 bits per heavy atom. The van der Waals surface area contributed by atoms with Gasteiger partial charge in [0.2, 0.25) is 14.9 Å². The maximum absolute atomic E-state index is 12.0. The molecule has 1 N–H and O–H groups in total. The average molecular weight is 305 g/mol. The third-order valence-electron chi connectivity index (χ3n) is 2.26. The van der Waals surface area contributed by atoms with Gasteiger partial charge in [0.25, 0.3) is 0 Å². The molecule has 0 aromatic carbocycles. The van der Waals surface area contributed by atoms with Crippen molar-refractivity contribution in [2.75, 3.05) is 6.26 Å². The Morgan fingerprint density at radius 3 is 2.32 bits per heavy atom. The zero-order valence-electron chi connectivity index (χ0n) is 11.7.